The van der Waals surface area contributed by atoms with Crippen molar-refractivity contribution in [3.05, 3.63) is 34.9 Å². The van der Waals surface area contributed by atoms with Crippen LogP contribution in [0.25, 0.3) is 0 Å². The number of halogens is 1. The van der Waals surface area contributed by atoms with Gasteiger partial charge in [-0.1, -0.05) is 43.5 Å². The normalized spacial score (nSPS) is 25.7. The summed E-state index contributed by atoms with van der Waals surface area (Å²) in [5.74, 6) is 0.818. The summed E-state index contributed by atoms with van der Waals surface area (Å²) in [7, 11) is 0. The Bertz CT molecular complexity index is 555. The van der Waals surface area contributed by atoms with Crippen molar-refractivity contribution in [1.82, 2.24) is 15.1 Å². The first-order valence-electron chi connectivity index (χ1n) is 9.58. The zero-order chi connectivity index (χ0) is 17.6. The van der Waals surface area contributed by atoms with Gasteiger partial charge < -0.3 is 5.32 Å². The van der Waals surface area contributed by atoms with Crippen LogP contribution in [0.15, 0.2) is 24.3 Å². The van der Waals surface area contributed by atoms with E-state index in [-0.39, 0.29) is 5.91 Å². The lowest BCUT2D eigenvalue weighted by atomic mass is 9.86. The number of carbonyl (C=O) groups is 1. The van der Waals surface area contributed by atoms with Crippen molar-refractivity contribution in [1.29, 1.82) is 0 Å². The molecule has 1 saturated carbocycles. The average molecular weight is 364 g/mol. The monoisotopic (exact) mass is 363 g/mol. The second kappa shape index (κ2) is 9.02. The first-order chi connectivity index (χ1) is 12.1. The Hall–Kier alpha value is -1.10. The Kier molecular flexibility index (Phi) is 6.74. The van der Waals surface area contributed by atoms with Gasteiger partial charge in [-0.15, -0.1) is 0 Å². The number of hydrogen-bond donors (Lipinski definition) is 1. The molecule has 2 fully saturated rings. The maximum absolute atomic E-state index is 12.4. The van der Waals surface area contributed by atoms with E-state index in [1.165, 1.54) is 24.8 Å². The predicted octanol–water partition coefficient (Wildman–Crippen LogP) is 3.15. The molecule has 1 saturated heterocycles. The lowest BCUT2D eigenvalue weighted by molar-refractivity contribution is -0.124. The Morgan fingerprint density at radius 1 is 1.08 bits per heavy atom. The molecule has 4 nitrogen and oxygen atoms in total. The van der Waals surface area contributed by atoms with Crippen LogP contribution < -0.4 is 5.32 Å². The number of nitrogens with one attached hydrogen (secondary N) is 1. The van der Waals surface area contributed by atoms with E-state index in [9.17, 15) is 4.79 Å². The van der Waals surface area contributed by atoms with Gasteiger partial charge in [0.15, 0.2) is 0 Å². The maximum atomic E-state index is 12.4. The number of rotatable bonds is 5. The van der Waals surface area contributed by atoms with Gasteiger partial charge in [0, 0.05) is 43.8 Å². The van der Waals surface area contributed by atoms with Gasteiger partial charge in [-0.2, -0.15) is 0 Å². The van der Waals surface area contributed by atoms with Crippen LogP contribution in [0.5, 0.6) is 0 Å². The first-order valence-corrected chi connectivity index (χ1v) is 9.96. The quantitative estimate of drug-likeness (QED) is 0.872. The van der Waals surface area contributed by atoms with Crippen molar-refractivity contribution in [2.75, 3.05) is 32.7 Å². The van der Waals surface area contributed by atoms with Gasteiger partial charge in [-0.25, -0.2) is 0 Å². The summed E-state index contributed by atoms with van der Waals surface area (Å²) in [5.41, 5.74) is 1.29. The molecule has 0 bridgehead atoms. The Balaban J connectivity index is 1.38. The number of benzene rings is 1. The molecule has 138 valence electrons. The molecule has 0 radical (unpaired) electrons. The highest BCUT2D eigenvalue weighted by molar-refractivity contribution is 6.30. The summed E-state index contributed by atoms with van der Waals surface area (Å²) in [6.45, 7) is 7.70. The van der Waals surface area contributed by atoms with E-state index in [1.54, 1.807) is 0 Å². The standard InChI is InChI=1S/C20H30ClN3O/c1-16-4-2-3-5-19(16)22-20(25)15-24-12-10-23(11-13-24)14-17-6-8-18(21)9-7-17/h6-9,16,19H,2-5,10-15H2,1H3,(H,22,25)/t16-,19+/m0/s1. The molecule has 1 amide bonds. The van der Waals surface area contributed by atoms with Gasteiger partial charge >= 0.3 is 0 Å². The maximum Gasteiger partial charge on any atom is 0.234 e. The second-order valence-electron chi connectivity index (χ2n) is 7.61. The van der Waals surface area contributed by atoms with E-state index in [1.807, 2.05) is 12.1 Å². The van der Waals surface area contributed by atoms with E-state index < -0.39 is 0 Å². The SMILES string of the molecule is C[C@H]1CCCC[C@H]1NC(=O)CN1CCN(Cc2ccc(Cl)cc2)CC1. The molecule has 1 N–H and O–H groups in total. The molecule has 1 aliphatic heterocycles. The zero-order valence-corrected chi connectivity index (χ0v) is 16.0. The third-order valence-electron chi connectivity index (χ3n) is 5.61. The number of hydrogen-bond acceptors (Lipinski definition) is 3. The number of piperazine rings is 1. The predicted molar refractivity (Wildman–Crippen MR) is 103 cm³/mol. The molecule has 3 rings (SSSR count). The van der Waals surface area contributed by atoms with Crippen LogP contribution in [0.3, 0.4) is 0 Å². The minimum absolute atomic E-state index is 0.199. The highest BCUT2D eigenvalue weighted by atomic mass is 35.5. The third-order valence-corrected chi connectivity index (χ3v) is 5.86. The van der Waals surface area contributed by atoms with Crippen LogP contribution in [0.4, 0.5) is 0 Å². The fourth-order valence-corrected chi connectivity index (χ4v) is 4.07. The molecule has 1 aromatic rings. The highest BCUT2D eigenvalue weighted by Crippen LogP contribution is 2.23. The molecule has 1 aliphatic carbocycles. The Labute approximate surface area is 156 Å². The van der Waals surface area contributed by atoms with Crippen molar-refractivity contribution in [2.45, 2.75) is 45.2 Å². The molecule has 0 unspecified atom stereocenters. The largest absolute Gasteiger partial charge is 0.352 e. The van der Waals surface area contributed by atoms with Gasteiger partial charge in [0.1, 0.15) is 0 Å². The molecule has 2 atom stereocenters. The van der Waals surface area contributed by atoms with Crippen LogP contribution in [0.2, 0.25) is 5.02 Å². The minimum atomic E-state index is 0.199. The summed E-state index contributed by atoms with van der Waals surface area (Å²) in [6, 6.07) is 8.46. The van der Waals surface area contributed by atoms with Crippen molar-refractivity contribution in [3.63, 3.8) is 0 Å². The number of carbonyl (C=O) groups excluding carboxylic acids is 1. The summed E-state index contributed by atoms with van der Waals surface area (Å²) >= 11 is 5.94. The Morgan fingerprint density at radius 2 is 1.72 bits per heavy atom. The van der Waals surface area contributed by atoms with Crippen LogP contribution in [-0.4, -0.2) is 54.5 Å². The van der Waals surface area contributed by atoms with Gasteiger partial charge in [0.25, 0.3) is 0 Å². The topological polar surface area (TPSA) is 35.6 Å². The average Bonchev–Trinajstić information content (AvgIpc) is 2.61. The van der Waals surface area contributed by atoms with Crippen LogP contribution in [-0.2, 0) is 11.3 Å². The van der Waals surface area contributed by atoms with Crippen molar-refractivity contribution >= 4 is 17.5 Å². The summed E-state index contributed by atoms with van der Waals surface area (Å²) in [6.07, 6.45) is 4.94. The van der Waals surface area contributed by atoms with E-state index in [4.69, 9.17) is 11.6 Å². The minimum Gasteiger partial charge on any atom is -0.352 e. The van der Waals surface area contributed by atoms with Gasteiger partial charge in [0.2, 0.25) is 5.91 Å². The van der Waals surface area contributed by atoms with Crippen LogP contribution >= 0.6 is 11.6 Å². The van der Waals surface area contributed by atoms with E-state index in [0.29, 0.717) is 18.5 Å². The first kappa shape index (κ1) is 18.7. The molecule has 1 heterocycles. The Morgan fingerprint density at radius 3 is 2.40 bits per heavy atom. The summed E-state index contributed by atoms with van der Waals surface area (Å²) in [5, 5.41) is 4.05. The smallest absolute Gasteiger partial charge is 0.234 e. The van der Waals surface area contributed by atoms with E-state index >= 15 is 0 Å². The van der Waals surface area contributed by atoms with E-state index in [2.05, 4.69) is 34.2 Å². The molecular formula is C20H30ClN3O. The second-order valence-corrected chi connectivity index (χ2v) is 8.05. The molecule has 1 aromatic carbocycles. The lowest BCUT2D eigenvalue weighted by Crippen LogP contribution is -2.51. The highest BCUT2D eigenvalue weighted by Gasteiger charge is 2.24. The van der Waals surface area contributed by atoms with Crippen LogP contribution in [0, 0.1) is 5.92 Å². The number of nitrogens with zero attached hydrogens (tertiary/aromatic N) is 2. The molecule has 0 spiro atoms. The van der Waals surface area contributed by atoms with Gasteiger partial charge in [-0.05, 0) is 36.5 Å². The van der Waals surface area contributed by atoms with E-state index in [0.717, 1.165) is 44.2 Å². The van der Waals surface area contributed by atoms with Gasteiger partial charge in [-0.3, -0.25) is 14.6 Å². The molecule has 0 aromatic heterocycles. The number of amides is 1. The summed E-state index contributed by atoms with van der Waals surface area (Å²) < 4.78 is 0. The zero-order valence-electron chi connectivity index (χ0n) is 15.2. The van der Waals surface area contributed by atoms with Crippen LogP contribution in [0.1, 0.15) is 38.2 Å². The summed E-state index contributed by atoms with van der Waals surface area (Å²) in [4.78, 5) is 17.1. The van der Waals surface area contributed by atoms with Crippen molar-refractivity contribution < 1.29 is 4.79 Å². The molecule has 5 heteroatoms. The van der Waals surface area contributed by atoms with Crippen molar-refractivity contribution in [3.8, 4) is 0 Å². The fraction of sp³-hybridized carbons (Fsp3) is 0.650. The van der Waals surface area contributed by atoms with Gasteiger partial charge in [0.05, 0.1) is 6.54 Å². The fourth-order valence-electron chi connectivity index (χ4n) is 3.94. The third kappa shape index (κ3) is 5.70. The molecular weight excluding hydrogens is 334 g/mol. The lowest BCUT2D eigenvalue weighted by Gasteiger charge is -2.35. The molecule has 2 aliphatic rings. The van der Waals surface area contributed by atoms with Crippen molar-refractivity contribution in [2.24, 2.45) is 5.92 Å². The molecule has 25 heavy (non-hydrogen) atoms.